The van der Waals surface area contributed by atoms with Gasteiger partial charge in [0.05, 0.1) is 11.1 Å². The molecule has 31 heavy (non-hydrogen) atoms. The lowest BCUT2D eigenvalue weighted by Gasteiger charge is -2.08. The summed E-state index contributed by atoms with van der Waals surface area (Å²) in [6.07, 6.45) is 1.26. The second-order valence-electron chi connectivity index (χ2n) is 7.54. The van der Waals surface area contributed by atoms with Crippen molar-refractivity contribution in [1.82, 2.24) is 9.55 Å². The topological polar surface area (TPSA) is 65.1 Å². The van der Waals surface area contributed by atoms with Gasteiger partial charge in [0.25, 0.3) is 0 Å². The summed E-state index contributed by atoms with van der Waals surface area (Å²) in [5.74, 6) is -2.96. The Balaban J connectivity index is 1.60. The zero-order valence-electron chi connectivity index (χ0n) is 16.9. The zero-order chi connectivity index (χ0) is 22.0. The smallest absolute Gasteiger partial charge is 0.245 e. The number of nitrogens with zero attached hydrogens (tertiary/aromatic N) is 2. The van der Waals surface area contributed by atoms with Crippen LogP contribution in [0.5, 0.6) is 0 Å². The fourth-order valence-electron chi connectivity index (χ4n) is 3.98. The van der Waals surface area contributed by atoms with E-state index in [1.165, 1.54) is 19.9 Å². The lowest BCUT2D eigenvalue weighted by molar-refractivity contribution is 0.0989. The predicted octanol–water partition coefficient (Wildman–Crippen LogP) is 5.19. The van der Waals surface area contributed by atoms with Crippen LogP contribution in [-0.4, -0.2) is 21.1 Å². The van der Waals surface area contributed by atoms with Crippen molar-refractivity contribution in [1.29, 1.82) is 0 Å². The van der Waals surface area contributed by atoms with Gasteiger partial charge in [-0.1, -0.05) is 30.3 Å². The summed E-state index contributed by atoms with van der Waals surface area (Å²) < 4.78 is 36.2. The van der Waals surface area contributed by atoms with Gasteiger partial charge in [0, 0.05) is 24.2 Å². The molecule has 1 aliphatic rings. The van der Waals surface area contributed by atoms with Crippen LogP contribution in [0, 0.1) is 25.5 Å². The van der Waals surface area contributed by atoms with Crippen molar-refractivity contribution in [2.24, 2.45) is 7.05 Å². The van der Waals surface area contributed by atoms with Crippen LogP contribution in [0.1, 0.15) is 37.6 Å². The molecule has 0 N–H and O–H groups in total. The largest absolute Gasteiger partial charge is 0.437 e. The van der Waals surface area contributed by atoms with Gasteiger partial charge in [-0.2, -0.15) is 4.98 Å². The number of rotatable bonds is 2. The maximum absolute atomic E-state index is 14.4. The van der Waals surface area contributed by atoms with Gasteiger partial charge in [-0.25, -0.2) is 8.78 Å². The number of hydrogen-bond donors (Lipinski definition) is 0. The van der Waals surface area contributed by atoms with Crippen molar-refractivity contribution in [2.45, 2.75) is 13.8 Å². The average molecular weight is 418 g/mol. The Morgan fingerprint density at radius 3 is 2.32 bits per heavy atom. The van der Waals surface area contributed by atoms with Gasteiger partial charge in [0.2, 0.25) is 11.5 Å². The number of aromatic nitrogens is 2. The van der Waals surface area contributed by atoms with Gasteiger partial charge in [0.1, 0.15) is 17.1 Å². The zero-order valence-corrected chi connectivity index (χ0v) is 16.9. The summed E-state index contributed by atoms with van der Waals surface area (Å²) >= 11 is 0. The molecule has 2 heterocycles. The number of allylic oxidation sites excluding steroid dienone is 1. The Hall–Kier alpha value is -3.87. The van der Waals surface area contributed by atoms with Crippen LogP contribution in [0.4, 0.5) is 8.78 Å². The van der Waals surface area contributed by atoms with Crippen LogP contribution in [0.15, 0.2) is 46.4 Å². The fraction of sp³-hybridized carbons (Fsp3) is 0.125. The number of aryl methyl sites for hydroxylation is 1. The molecule has 1 aliphatic carbocycles. The number of carbonyl (C=O) groups is 2. The number of ketones is 2. The lowest BCUT2D eigenvalue weighted by Crippen LogP contribution is -2.05. The summed E-state index contributed by atoms with van der Waals surface area (Å²) in [4.78, 5) is 30.1. The summed E-state index contributed by atoms with van der Waals surface area (Å²) in [7, 11) is 1.83. The Morgan fingerprint density at radius 2 is 1.65 bits per heavy atom. The van der Waals surface area contributed by atoms with Crippen LogP contribution in [-0.2, 0) is 7.05 Å². The van der Waals surface area contributed by atoms with Crippen LogP contribution in [0.3, 0.4) is 0 Å². The Bertz CT molecular complexity index is 1410. The van der Waals surface area contributed by atoms with Gasteiger partial charge in [-0.3, -0.25) is 9.59 Å². The minimum atomic E-state index is -1.29. The molecular formula is C24H16F2N2O3. The molecule has 0 bridgehead atoms. The molecule has 154 valence electrons. The van der Waals surface area contributed by atoms with Gasteiger partial charge >= 0.3 is 0 Å². The highest BCUT2D eigenvalue weighted by atomic mass is 19.2. The number of fused-ring (bicyclic) bond motifs is 2. The normalized spacial score (nSPS) is 14.8. The molecule has 0 spiro atoms. The number of furan rings is 1. The van der Waals surface area contributed by atoms with Crippen LogP contribution in [0.2, 0.25) is 0 Å². The summed E-state index contributed by atoms with van der Waals surface area (Å²) in [5.41, 5.74) is 1.33. The van der Waals surface area contributed by atoms with Crippen molar-refractivity contribution in [3.05, 3.63) is 81.6 Å². The second kappa shape index (κ2) is 6.57. The first-order valence-electron chi connectivity index (χ1n) is 9.60. The van der Waals surface area contributed by atoms with Gasteiger partial charge in [0.15, 0.2) is 17.4 Å². The third-order valence-corrected chi connectivity index (χ3v) is 5.79. The van der Waals surface area contributed by atoms with E-state index in [0.717, 1.165) is 5.56 Å². The molecule has 7 heteroatoms. The van der Waals surface area contributed by atoms with E-state index in [9.17, 15) is 18.4 Å². The molecule has 5 nitrogen and oxygen atoms in total. The monoisotopic (exact) mass is 418 g/mol. The molecule has 0 atom stereocenters. The molecule has 0 amide bonds. The molecule has 0 unspecified atom stereocenters. The molecule has 2 aromatic heterocycles. The average Bonchev–Trinajstić information content (AvgIpc) is 3.38. The lowest BCUT2D eigenvalue weighted by atomic mass is 9.98. The van der Waals surface area contributed by atoms with E-state index in [-0.39, 0.29) is 28.0 Å². The number of halogens is 2. The Kier molecular flexibility index (Phi) is 4.05. The summed E-state index contributed by atoms with van der Waals surface area (Å²) in [6.45, 7) is 2.88. The van der Waals surface area contributed by atoms with Crippen LogP contribution in [0.25, 0.3) is 28.7 Å². The standard InChI is InChI=1S/C24H16F2N2O3/c1-11-12(2)19(25)20(26)18-17(11)21(29)15(22(18)30)9-14-10-16-24(31-14)27-23(28(16)3)13-7-5-4-6-8-13/h4-10H,1-3H3/b15-9+. The number of hydrogen-bond acceptors (Lipinski definition) is 4. The van der Waals surface area contributed by atoms with E-state index >= 15 is 0 Å². The number of carbonyl (C=O) groups excluding carboxylic acids is 2. The van der Waals surface area contributed by atoms with Gasteiger partial charge in [-0.15, -0.1) is 0 Å². The first-order chi connectivity index (χ1) is 14.8. The SMILES string of the molecule is Cc1c(C)c2c(c(F)c1F)C(=O)/C(=C/c1cc3c(nc(-c4ccccc4)n3C)o1)C2=O. The van der Waals surface area contributed by atoms with E-state index < -0.39 is 28.8 Å². The second-order valence-corrected chi connectivity index (χ2v) is 7.54. The first-order valence-corrected chi connectivity index (χ1v) is 9.60. The maximum Gasteiger partial charge on any atom is 0.245 e. The third-order valence-electron chi connectivity index (χ3n) is 5.79. The summed E-state index contributed by atoms with van der Waals surface area (Å²) in [6, 6.07) is 11.2. The van der Waals surface area contributed by atoms with E-state index in [2.05, 4.69) is 4.98 Å². The summed E-state index contributed by atoms with van der Waals surface area (Å²) in [5, 5.41) is 0. The molecule has 2 aromatic carbocycles. The van der Waals surface area contributed by atoms with E-state index in [1.807, 2.05) is 41.9 Å². The molecule has 5 rings (SSSR count). The minimum absolute atomic E-state index is 0.0139. The minimum Gasteiger partial charge on any atom is -0.437 e. The number of Topliss-reactive ketones (excluding diaryl/α,β-unsaturated/α-hetero) is 2. The fourth-order valence-corrected chi connectivity index (χ4v) is 3.98. The van der Waals surface area contributed by atoms with E-state index in [4.69, 9.17) is 4.42 Å². The number of imidazole rings is 1. The molecule has 0 radical (unpaired) electrons. The quantitative estimate of drug-likeness (QED) is 0.332. The molecule has 0 aliphatic heterocycles. The maximum atomic E-state index is 14.4. The van der Waals surface area contributed by atoms with Crippen molar-refractivity contribution in [3.8, 4) is 11.4 Å². The van der Waals surface area contributed by atoms with Crippen LogP contribution < -0.4 is 0 Å². The first kappa shape index (κ1) is 19.1. The van der Waals surface area contributed by atoms with E-state index in [0.29, 0.717) is 17.1 Å². The number of benzene rings is 2. The highest BCUT2D eigenvalue weighted by molar-refractivity contribution is 6.41. The predicted molar refractivity (Wildman–Crippen MR) is 111 cm³/mol. The van der Waals surface area contributed by atoms with Crippen LogP contribution >= 0.6 is 0 Å². The molecule has 0 saturated heterocycles. The highest BCUT2D eigenvalue weighted by Crippen LogP contribution is 2.36. The van der Waals surface area contributed by atoms with E-state index in [1.54, 1.807) is 6.07 Å². The van der Waals surface area contributed by atoms with Gasteiger partial charge in [-0.05, 0) is 31.1 Å². The molecule has 0 saturated carbocycles. The van der Waals surface area contributed by atoms with Gasteiger partial charge < -0.3 is 8.98 Å². The molecular weight excluding hydrogens is 402 g/mol. The van der Waals surface area contributed by atoms with Crippen molar-refractivity contribution < 1.29 is 22.8 Å². The Labute approximate surface area is 175 Å². The van der Waals surface area contributed by atoms with Crippen molar-refractivity contribution in [2.75, 3.05) is 0 Å². The highest BCUT2D eigenvalue weighted by Gasteiger charge is 2.39. The third kappa shape index (κ3) is 2.63. The van der Waals surface area contributed by atoms with Crippen molar-refractivity contribution >= 4 is 28.9 Å². The molecule has 0 fully saturated rings. The Morgan fingerprint density at radius 1 is 0.968 bits per heavy atom. The molecule has 4 aromatic rings. The van der Waals surface area contributed by atoms with Crippen molar-refractivity contribution in [3.63, 3.8) is 0 Å².